The van der Waals surface area contributed by atoms with Gasteiger partial charge in [-0.15, -0.1) is 0 Å². The Bertz CT molecular complexity index is 610. The van der Waals surface area contributed by atoms with Crippen molar-refractivity contribution in [3.05, 3.63) is 48.7 Å². The molecule has 0 unspecified atom stereocenters. The van der Waals surface area contributed by atoms with Crippen molar-refractivity contribution in [1.29, 1.82) is 0 Å². The van der Waals surface area contributed by atoms with E-state index in [0.29, 0.717) is 17.0 Å². The molecular formula is C17H19N3OS. The number of hydrogen-bond acceptors (Lipinski definition) is 3. The number of rotatable bonds is 4. The van der Waals surface area contributed by atoms with Crippen LogP contribution in [0.3, 0.4) is 0 Å². The van der Waals surface area contributed by atoms with Crippen molar-refractivity contribution >= 4 is 23.0 Å². The maximum absolute atomic E-state index is 5.66. The van der Waals surface area contributed by atoms with Gasteiger partial charge in [-0.25, -0.2) is 4.98 Å². The number of anilines is 1. The van der Waals surface area contributed by atoms with Gasteiger partial charge in [0.15, 0.2) is 5.11 Å². The van der Waals surface area contributed by atoms with Crippen LogP contribution in [0.15, 0.2) is 48.7 Å². The van der Waals surface area contributed by atoms with Gasteiger partial charge in [0, 0.05) is 12.1 Å². The Balaban J connectivity index is 1.53. The van der Waals surface area contributed by atoms with E-state index in [1.165, 1.54) is 25.7 Å². The molecule has 0 saturated heterocycles. The minimum absolute atomic E-state index is 0.508. The monoisotopic (exact) mass is 313 g/mol. The van der Waals surface area contributed by atoms with Gasteiger partial charge in [0.1, 0.15) is 5.75 Å². The molecule has 4 nitrogen and oxygen atoms in total. The van der Waals surface area contributed by atoms with Gasteiger partial charge in [-0.2, -0.15) is 0 Å². The van der Waals surface area contributed by atoms with E-state index in [9.17, 15) is 0 Å². The molecule has 0 bridgehead atoms. The summed E-state index contributed by atoms with van der Waals surface area (Å²) in [6, 6.07) is 13.8. The number of nitrogens with one attached hydrogen (secondary N) is 2. The van der Waals surface area contributed by atoms with Crippen molar-refractivity contribution in [2.24, 2.45) is 0 Å². The lowest BCUT2D eigenvalue weighted by Gasteiger charge is -2.15. The average Bonchev–Trinajstić information content (AvgIpc) is 3.03. The molecule has 0 atom stereocenters. The summed E-state index contributed by atoms with van der Waals surface area (Å²) < 4.78 is 5.66. The van der Waals surface area contributed by atoms with Crippen LogP contribution < -0.4 is 15.4 Å². The lowest BCUT2D eigenvalue weighted by Crippen LogP contribution is -2.35. The van der Waals surface area contributed by atoms with Crippen LogP contribution in [0.25, 0.3) is 0 Å². The molecule has 1 aromatic carbocycles. The fourth-order valence-electron chi connectivity index (χ4n) is 2.55. The summed E-state index contributed by atoms with van der Waals surface area (Å²) in [5, 5.41) is 7.16. The van der Waals surface area contributed by atoms with Gasteiger partial charge in [0.05, 0.1) is 11.9 Å². The largest absolute Gasteiger partial charge is 0.439 e. The highest BCUT2D eigenvalue weighted by molar-refractivity contribution is 7.80. The van der Waals surface area contributed by atoms with E-state index in [1.54, 1.807) is 6.20 Å². The standard InChI is InChI=1S/C17H19N3OS/c22-17(19-13-6-4-5-7-13)20-14-10-11-16(18-12-14)21-15-8-2-1-3-9-15/h1-3,8-13H,4-7H2,(H2,19,20,22). The fraction of sp³-hybridized carbons (Fsp3) is 0.294. The second-order valence-corrected chi connectivity index (χ2v) is 5.79. The van der Waals surface area contributed by atoms with Gasteiger partial charge in [-0.05, 0) is 43.3 Å². The zero-order chi connectivity index (χ0) is 15.2. The van der Waals surface area contributed by atoms with Gasteiger partial charge in [0.2, 0.25) is 5.88 Å². The molecule has 1 fully saturated rings. The van der Waals surface area contributed by atoms with Gasteiger partial charge < -0.3 is 15.4 Å². The summed E-state index contributed by atoms with van der Waals surface area (Å²) in [4.78, 5) is 4.29. The van der Waals surface area contributed by atoms with Crippen molar-refractivity contribution in [2.45, 2.75) is 31.7 Å². The van der Waals surface area contributed by atoms with Gasteiger partial charge in [-0.3, -0.25) is 0 Å². The molecule has 0 radical (unpaired) electrons. The van der Waals surface area contributed by atoms with Crippen molar-refractivity contribution in [2.75, 3.05) is 5.32 Å². The quantitative estimate of drug-likeness (QED) is 0.832. The highest BCUT2D eigenvalue weighted by atomic mass is 32.1. The Labute approximate surface area is 135 Å². The summed E-state index contributed by atoms with van der Waals surface area (Å²) >= 11 is 5.33. The van der Waals surface area contributed by atoms with Crippen LogP contribution >= 0.6 is 12.2 Å². The molecule has 5 heteroatoms. The van der Waals surface area contributed by atoms with Crippen molar-refractivity contribution in [1.82, 2.24) is 10.3 Å². The van der Waals surface area contributed by atoms with Crippen LogP contribution in [-0.2, 0) is 0 Å². The Morgan fingerprint density at radius 1 is 1.09 bits per heavy atom. The molecule has 2 N–H and O–H groups in total. The zero-order valence-corrected chi connectivity index (χ0v) is 13.1. The van der Waals surface area contributed by atoms with Crippen molar-refractivity contribution < 1.29 is 4.74 Å². The predicted octanol–water partition coefficient (Wildman–Crippen LogP) is 4.10. The third kappa shape index (κ3) is 4.18. The second-order valence-electron chi connectivity index (χ2n) is 5.38. The van der Waals surface area contributed by atoms with Crippen LogP contribution in [0, 0.1) is 0 Å². The predicted molar refractivity (Wildman–Crippen MR) is 92.4 cm³/mol. The molecule has 1 aromatic heterocycles. The third-order valence-electron chi connectivity index (χ3n) is 3.65. The number of ether oxygens (including phenoxy) is 1. The third-order valence-corrected chi connectivity index (χ3v) is 3.87. The van der Waals surface area contributed by atoms with Crippen LogP contribution in [0.4, 0.5) is 5.69 Å². The first kappa shape index (κ1) is 14.8. The molecule has 2 aromatic rings. The smallest absolute Gasteiger partial charge is 0.219 e. The highest BCUT2D eigenvalue weighted by Crippen LogP contribution is 2.20. The van der Waals surface area contributed by atoms with Crippen molar-refractivity contribution in [3.8, 4) is 11.6 Å². The number of para-hydroxylation sites is 1. The van der Waals surface area contributed by atoms with Crippen LogP contribution in [-0.4, -0.2) is 16.1 Å². The Morgan fingerprint density at radius 3 is 2.55 bits per heavy atom. The number of benzene rings is 1. The maximum Gasteiger partial charge on any atom is 0.219 e. The van der Waals surface area contributed by atoms with Gasteiger partial charge in [0.25, 0.3) is 0 Å². The molecule has 0 spiro atoms. The lowest BCUT2D eigenvalue weighted by atomic mass is 10.3. The first-order valence-corrected chi connectivity index (χ1v) is 7.97. The Hall–Kier alpha value is -2.14. The second kappa shape index (κ2) is 7.22. The molecule has 1 aliphatic rings. The summed E-state index contributed by atoms with van der Waals surface area (Å²) in [5.41, 5.74) is 0.857. The normalized spacial score (nSPS) is 14.5. The Kier molecular flexibility index (Phi) is 4.85. The number of nitrogens with zero attached hydrogens (tertiary/aromatic N) is 1. The van der Waals surface area contributed by atoms with E-state index < -0.39 is 0 Å². The first-order valence-electron chi connectivity index (χ1n) is 7.56. The minimum Gasteiger partial charge on any atom is -0.439 e. The average molecular weight is 313 g/mol. The number of thiocarbonyl (C=S) groups is 1. The van der Waals surface area contributed by atoms with Crippen LogP contribution in [0.5, 0.6) is 11.6 Å². The van der Waals surface area contributed by atoms with Crippen LogP contribution in [0.1, 0.15) is 25.7 Å². The molecule has 0 amide bonds. The molecular weight excluding hydrogens is 294 g/mol. The zero-order valence-electron chi connectivity index (χ0n) is 12.3. The molecule has 1 aliphatic carbocycles. The van der Waals surface area contributed by atoms with E-state index in [0.717, 1.165) is 11.4 Å². The first-order chi connectivity index (χ1) is 10.8. The summed E-state index contributed by atoms with van der Waals surface area (Å²) in [7, 11) is 0. The molecule has 114 valence electrons. The molecule has 22 heavy (non-hydrogen) atoms. The molecule has 1 saturated carbocycles. The van der Waals surface area contributed by atoms with E-state index in [4.69, 9.17) is 17.0 Å². The summed E-state index contributed by atoms with van der Waals surface area (Å²) in [6.45, 7) is 0. The Morgan fingerprint density at radius 2 is 1.86 bits per heavy atom. The number of pyridine rings is 1. The van der Waals surface area contributed by atoms with Crippen molar-refractivity contribution in [3.63, 3.8) is 0 Å². The minimum atomic E-state index is 0.508. The van der Waals surface area contributed by atoms with E-state index in [1.807, 2.05) is 42.5 Å². The van der Waals surface area contributed by atoms with E-state index in [2.05, 4.69) is 15.6 Å². The summed E-state index contributed by atoms with van der Waals surface area (Å²) in [5.74, 6) is 1.33. The van der Waals surface area contributed by atoms with E-state index >= 15 is 0 Å². The number of aromatic nitrogens is 1. The maximum atomic E-state index is 5.66. The molecule has 0 aliphatic heterocycles. The molecule has 1 heterocycles. The van der Waals surface area contributed by atoms with Gasteiger partial charge in [-0.1, -0.05) is 31.0 Å². The van der Waals surface area contributed by atoms with Gasteiger partial charge >= 0.3 is 0 Å². The lowest BCUT2D eigenvalue weighted by molar-refractivity contribution is 0.463. The topological polar surface area (TPSA) is 46.2 Å². The van der Waals surface area contributed by atoms with E-state index in [-0.39, 0.29) is 0 Å². The summed E-state index contributed by atoms with van der Waals surface area (Å²) in [6.07, 6.45) is 6.69. The highest BCUT2D eigenvalue weighted by Gasteiger charge is 2.15. The fourth-order valence-corrected chi connectivity index (χ4v) is 2.83. The molecule has 3 rings (SSSR count). The van der Waals surface area contributed by atoms with Crippen LogP contribution in [0.2, 0.25) is 0 Å². The number of hydrogen-bond donors (Lipinski definition) is 2. The SMILES string of the molecule is S=C(Nc1ccc(Oc2ccccc2)nc1)NC1CCCC1.